The second-order valence-corrected chi connectivity index (χ2v) is 3.84. The maximum Gasteiger partial charge on any atom is 0.317 e. The number of nitrogens with one attached hydrogen (secondary N) is 1. The molecule has 4 heteroatoms. The Bertz CT molecular complexity index is 326. The molecule has 0 heterocycles. The number of amides is 2. The lowest BCUT2D eigenvalue weighted by molar-refractivity contribution is 0.195. The summed E-state index contributed by atoms with van der Waals surface area (Å²) in [6, 6.07) is 9.77. The first-order chi connectivity index (χ1) is 7.65. The number of nitrogens with two attached hydrogens (primary N) is 1. The molecule has 0 spiro atoms. The lowest BCUT2D eigenvalue weighted by Gasteiger charge is -2.23. The van der Waals surface area contributed by atoms with Gasteiger partial charge in [-0.2, -0.15) is 0 Å². The zero-order valence-electron chi connectivity index (χ0n) is 9.81. The topological polar surface area (TPSA) is 58.4 Å². The van der Waals surface area contributed by atoms with E-state index in [1.807, 2.05) is 37.3 Å². The third-order valence-corrected chi connectivity index (χ3v) is 2.61. The Labute approximate surface area is 96.4 Å². The van der Waals surface area contributed by atoms with E-state index in [2.05, 4.69) is 5.32 Å². The SMILES string of the molecule is C[C@@H](CN)N(C)C(=O)NCc1ccccc1. The maximum absolute atomic E-state index is 11.7. The molecule has 0 aromatic heterocycles. The molecule has 0 aliphatic heterocycles. The zero-order valence-corrected chi connectivity index (χ0v) is 9.81. The predicted octanol–water partition coefficient (Wildman–Crippen LogP) is 1.18. The molecule has 1 aromatic rings. The van der Waals surface area contributed by atoms with E-state index in [0.29, 0.717) is 13.1 Å². The van der Waals surface area contributed by atoms with Crippen LogP contribution < -0.4 is 11.1 Å². The van der Waals surface area contributed by atoms with Gasteiger partial charge in [0.25, 0.3) is 0 Å². The molecule has 0 fully saturated rings. The summed E-state index contributed by atoms with van der Waals surface area (Å²) < 4.78 is 0. The van der Waals surface area contributed by atoms with Crippen molar-refractivity contribution in [3.8, 4) is 0 Å². The van der Waals surface area contributed by atoms with Gasteiger partial charge in [0.15, 0.2) is 0 Å². The van der Waals surface area contributed by atoms with Gasteiger partial charge in [0.2, 0.25) is 0 Å². The standard InChI is InChI=1S/C12H19N3O/c1-10(8-13)15(2)12(16)14-9-11-6-4-3-5-7-11/h3-7,10H,8-9,13H2,1-2H3,(H,14,16)/t10-/m0/s1. The average molecular weight is 221 g/mol. The van der Waals surface area contributed by atoms with Crippen molar-refractivity contribution in [2.24, 2.45) is 5.73 Å². The number of hydrogen-bond donors (Lipinski definition) is 2. The molecule has 88 valence electrons. The fourth-order valence-electron chi connectivity index (χ4n) is 1.26. The Hall–Kier alpha value is -1.55. The van der Waals surface area contributed by atoms with Crippen molar-refractivity contribution in [1.29, 1.82) is 0 Å². The summed E-state index contributed by atoms with van der Waals surface area (Å²) in [5, 5.41) is 2.85. The van der Waals surface area contributed by atoms with Gasteiger partial charge in [0, 0.05) is 26.2 Å². The van der Waals surface area contributed by atoms with Crippen LogP contribution in [0.25, 0.3) is 0 Å². The Morgan fingerprint density at radius 3 is 2.62 bits per heavy atom. The fraction of sp³-hybridized carbons (Fsp3) is 0.417. The highest BCUT2D eigenvalue weighted by Crippen LogP contribution is 1.99. The number of carbonyl (C=O) groups is 1. The minimum atomic E-state index is -0.0956. The summed E-state index contributed by atoms with van der Waals surface area (Å²) in [6.07, 6.45) is 0. The molecule has 1 atom stereocenters. The molecule has 0 radical (unpaired) electrons. The van der Waals surface area contributed by atoms with Crippen LogP contribution in [0, 0.1) is 0 Å². The van der Waals surface area contributed by atoms with Gasteiger partial charge in [-0.15, -0.1) is 0 Å². The summed E-state index contributed by atoms with van der Waals surface area (Å²) in [6.45, 7) is 2.93. The number of benzene rings is 1. The smallest absolute Gasteiger partial charge is 0.317 e. The number of urea groups is 1. The third-order valence-electron chi connectivity index (χ3n) is 2.61. The van der Waals surface area contributed by atoms with Crippen molar-refractivity contribution < 1.29 is 4.79 Å². The second-order valence-electron chi connectivity index (χ2n) is 3.84. The van der Waals surface area contributed by atoms with Gasteiger partial charge < -0.3 is 16.0 Å². The molecule has 0 aliphatic rings. The minimum absolute atomic E-state index is 0.0516. The molecule has 4 nitrogen and oxygen atoms in total. The minimum Gasteiger partial charge on any atom is -0.334 e. The highest BCUT2D eigenvalue weighted by atomic mass is 16.2. The summed E-state index contributed by atoms with van der Waals surface area (Å²) in [4.78, 5) is 13.3. The van der Waals surface area contributed by atoms with E-state index in [4.69, 9.17) is 5.73 Å². The van der Waals surface area contributed by atoms with Crippen LogP contribution in [0.5, 0.6) is 0 Å². The Morgan fingerprint density at radius 1 is 1.44 bits per heavy atom. The summed E-state index contributed by atoms with van der Waals surface area (Å²) in [5.41, 5.74) is 6.58. The van der Waals surface area contributed by atoms with Crippen LogP contribution in [-0.2, 0) is 6.54 Å². The van der Waals surface area contributed by atoms with Gasteiger partial charge in [-0.05, 0) is 12.5 Å². The van der Waals surface area contributed by atoms with Crippen molar-refractivity contribution in [1.82, 2.24) is 10.2 Å². The van der Waals surface area contributed by atoms with Gasteiger partial charge in [0.1, 0.15) is 0 Å². The molecule has 0 saturated carbocycles. The first kappa shape index (κ1) is 12.5. The van der Waals surface area contributed by atoms with E-state index >= 15 is 0 Å². The first-order valence-electron chi connectivity index (χ1n) is 5.39. The predicted molar refractivity (Wildman–Crippen MR) is 65.0 cm³/mol. The quantitative estimate of drug-likeness (QED) is 0.802. The molecule has 0 bridgehead atoms. The molecule has 0 aliphatic carbocycles. The van der Waals surface area contributed by atoms with E-state index in [-0.39, 0.29) is 12.1 Å². The van der Waals surface area contributed by atoms with E-state index < -0.39 is 0 Å². The molecular formula is C12H19N3O. The van der Waals surface area contributed by atoms with E-state index in [0.717, 1.165) is 5.56 Å². The van der Waals surface area contributed by atoms with Crippen LogP contribution in [0.2, 0.25) is 0 Å². The summed E-state index contributed by atoms with van der Waals surface area (Å²) in [5.74, 6) is 0. The molecule has 3 N–H and O–H groups in total. The van der Waals surface area contributed by atoms with Crippen LogP contribution >= 0.6 is 0 Å². The molecule has 16 heavy (non-hydrogen) atoms. The lowest BCUT2D eigenvalue weighted by Crippen LogP contribution is -2.45. The maximum atomic E-state index is 11.7. The van der Waals surface area contributed by atoms with E-state index in [9.17, 15) is 4.79 Å². The normalized spacial score (nSPS) is 11.9. The summed E-state index contributed by atoms with van der Waals surface area (Å²) in [7, 11) is 1.75. The van der Waals surface area contributed by atoms with Crippen molar-refractivity contribution in [2.45, 2.75) is 19.5 Å². The Balaban J connectivity index is 2.41. The first-order valence-corrected chi connectivity index (χ1v) is 5.39. The Kier molecular flexibility index (Phi) is 4.79. The Morgan fingerprint density at radius 2 is 2.06 bits per heavy atom. The van der Waals surface area contributed by atoms with Crippen LogP contribution in [0.4, 0.5) is 4.79 Å². The molecule has 0 saturated heterocycles. The number of nitrogens with zero attached hydrogens (tertiary/aromatic N) is 1. The van der Waals surface area contributed by atoms with E-state index in [1.54, 1.807) is 11.9 Å². The van der Waals surface area contributed by atoms with Crippen molar-refractivity contribution in [3.63, 3.8) is 0 Å². The fourth-order valence-corrected chi connectivity index (χ4v) is 1.26. The lowest BCUT2D eigenvalue weighted by atomic mass is 10.2. The van der Waals surface area contributed by atoms with Gasteiger partial charge in [-0.3, -0.25) is 0 Å². The largest absolute Gasteiger partial charge is 0.334 e. The van der Waals surface area contributed by atoms with Gasteiger partial charge in [0.05, 0.1) is 0 Å². The second kappa shape index (κ2) is 6.12. The van der Waals surface area contributed by atoms with Crippen LogP contribution in [-0.4, -0.2) is 30.6 Å². The number of likely N-dealkylation sites (N-methyl/N-ethyl adjacent to an activating group) is 1. The zero-order chi connectivity index (χ0) is 12.0. The average Bonchev–Trinajstić information content (AvgIpc) is 2.35. The van der Waals surface area contributed by atoms with Gasteiger partial charge in [-0.1, -0.05) is 30.3 Å². The van der Waals surface area contributed by atoms with Crippen molar-refractivity contribution >= 4 is 6.03 Å². The molecule has 1 rings (SSSR count). The van der Waals surface area contributed by atoms with Crippen LogP contribution in [0.3, 0.4) is 0 Å². The van der Waals surface area contributed by atoms with Crippen molar-refractivity contribution in [2.75, 3.05) is 13.6 Å². The summed E-state index contributed by atoms with van der Waals surface area (Å²) >= 11 is 0. The van der Waals surface area contributed by atoms with Crippen LogP contribution in [0.15, 0.2) is 30.3 Å². The molecule has 1 aromatic carbocycles. The van der Waals surface area contributed by atoms with Gasteiger partial charge >= 0.3 is 6.03 Å². The number of hydrogen-bond acceptors (Lipinski definition) is 2. The van der Waals surface area contributed by atoms with E-state index in [1.165, 1.54) is 0 Å². The van der Waals surface area contributed by atoms with Crippen LogP contribution in [0.1, 0.15) is 12.5 Å². The van der Waals surface area contributed by atoms with Crippen molar-refractivity contribution in [3.05, 3.63) is 35.9 Å². The van der Waals surface area contributed by atoms with Gasteiger partial charge in [-0.25, -0.2) is 4.79 Å². The molecule has 0 unspecified atom stereocenters. The number of rotatable bonds is 4. The molecule has 2 amide bonds. The monoisotopic (exact) mass is 221 g/mol. The highest BCUT2D eigenvalue weighted by molar-refractivity contribution is 5.74. The number of carbonyl (C=O) groups excluding carboxylic acids is 1. The molecular weight excluding hydrogens is 202 g/mol. The third kappa shape index (κ3) is 3.55. The highest BCUT2D eigenvalue weighted by Gasteiger charge is 2.13.